The van der Waals surface area contributed by atoms with Crippen LogP contribution in [0.1, 0.15) is 50.4 Å². The maximum Gasteiger partial charge on any atom is 0.270 e. The molecule has 0 saturated heterocycles. The van der Waals surface area contributed by atoms with Crippen molar-refractivity contribution in [2.75, 3.05) is 13.6 Å². The predicted molar refractivity (Wildman–Crippen MR) is 89.6 cm³/mol. The van der Waals surface area contributed by atoms with Gasteiger partial charge in [-0.1, -0.05) is 0 Å². The number of hydrogen-bond donors (Lipinski definition) is 0. The highest BCUT2D eigenvalue weighted by molar-refractivity contribution is 7.11. The quantitative estimate of drug-likeness (QED) is 0.870. The van der Waals surface area contributed by atoms with Crippen molar-refractivity contribution in [1.82, 2.24) is 14.5 Å². The Morgan fingerprint density at radius 3 is 3.09 bits per heavy atom. The summed E-state index contributed by atoms with van der Waals surface area (Å²) in [6.07, 6.45) is 5.02. The van der Waals surface area contributed by atoms with Crippen molar-refractivity contribution in [2.45, 2.75) is 32.1 Å². The third kappa shape index (κ3) is 3.02. The van der Waals surface area contributed by atoms with Crippen molar-refractivity contribution in [2.24, 2.45) is 7.05 Å². The van der Waals surface area contributed by atoms with Gasteiger partial charge in [-0.15, -0.1) is 11.3 Å². The minimum absolute atomic E-state index is 0.0481. The molecule has 2 aromatic heterocycles. The highest BCUT2D eigenvalue weighted by atomic mass is 32.1. The summed E-state index contributed by atoms with van der Waals surface area (Å²) in [6.45, 7) is 2.71. The van der Waals surface area contributed by atoms with E-state index in [0.29, 0.717) is 23.7 Å². The summed E-state index contributed by atoms with van der Waals surface area (Å²) in [5.41, 5.74) is 2.25. The molecule has 1 amide bonds. The summed E-state index contributed by atoms with van der Waals surface area (Å²) in [6, 6.07) is 3.73. The van der Waals surface area contributed by atoms with Gasteiger partial charge in [0.1, 0.15) is 11.8 Å². The second-order valence-corrected chi connectivity index (χ2v) is 7.44. The van der Waals surface area contributed by atoms with E-state index in [1.807, 2.05) is 14.0 Å². The number of carbonyl (C=O) groups is 1. The Bertz CT molecular complexity index is 783. The van der Waals surface area contributed by atoms with E-state index in [2.05, 4.69) is 11.1 Å². The maximum atomic E-state index is 12.7. The lowest BCUT2D eigenvalue weighted by atomic mass is 9.90. The lowest BCUT2D eigenvalue weighted by molar-refractivity contribution is 0.0773. The van der Waals surface area contributed by atoms with Gasteiger partial charge in [0.25, 0.3) is 5.91 Å². The zero-order chi connectivity index (χ0) is 16.6. The fourth-order valence-corrected chi connectivity index (χ4v) is 4.32. The summed E-state index contributed by atoms with van der Waals surface area (Å²) in [4.78, 5) is 20.5. The molecule has 1 atom stereocenters. The molecule has 0 bridgehead atoms. The Kier molecular flexibility index (Phi) is 4.22. The lowest BCUT2D eigenvalue weighted by Crippen LogP contribution is -2.33. The summed E-state index contributed by atoms with van der Waals surface area (Å²) in [5.74, 6) is 0.265. The molecular weight excluding hydrogens is 308 g/mol. The number of aryl methyl sites for hydroxylation is 3. The van der Waals surface area contributed by atoms with Gasteiger partial charge in [0.2, 0.25) is 0 Å². The average molecular weight is 328 g/mol. The van der Waals surface area contributed by atoms with Crippen LogP contribution in [0.2, 0.25) is 0 Å². The molecule has 23 heavy (non-hydrogen) atoms. The Morgan fingerprint density at radius 2 is 2.39 bits per heavy atom. The first-order chi connectivity index (χ1) is 11.0. The van der Waals surface area contributed by atoms with Gasteiger partial charge in [-0.2, -0.15) is 5.26 Å². The fourth-order valence-electron chi connectivity index (χ4n) is 3.25. The fraction of sp³-hybridized carbons (Fsp3) is 0.471. The minimum Gasteiger partial charge on any atom is -0.345 e. The molecule has 2 heterocycles. The molecule has 0 N–H and O–H groups in total. The minimum atomic E-state index is -0.0481. The molecule has 0 spiro atoms. The monoisotopic (exact) mass is 328 g/mol. The van der Waals surface area contributed by atoms with Gasteiger partial charge in [0.05, 0.1) is 16.3 Å². The van der Waals surface area contributed by atoms with Crippen LogP contribution in [0.15, 0.2) is 12.3 Å². The van der Waals surface area contributed by atoms with E-state index in [4.69, 9.17) is 5.26 Å². The first kappa shape index (κ1) is 15.8. The molecule has 1 aliphatic carbocycles. The molecule has 6 heteroatoms. The van der Waals surface area contributed by atoms with Crippen molar-refractivity contribution < 1.29 is 4.79 Å². The van der Waals surface area contributed by atoms with Crippen LogP contribution in [0.4, 0.5) is 0 Å². The zero-order valence-electron chi connectivity index (χ0n) is 13.7. The number of likely N-dealkylation sites (N-methyl/N-ethyl adjacent to an activating group) is 1. The van der Waals surface area contributed by atoms with Crippen LogP contribution in [-0.4, -0.2) is 34.0 Å². The Balaban J connectivity index is 1.77. The van der Waals surface area contributed by atoms with E-state index in [1.165, 1.54) is 10.6 Å². The van der Waals surface area contributed by atoms with Crippen molar-refractivity contribution in [3.8, 4) is 6.07 Å². The first-order valence-corrected chi connectivity index (χ1v) is 8.59. The van der Waals surface area contributed by atoms with Crippen LogP contribution < -0.4 is 0 Å². The van der Waals surface area contributed by atoms with E-state index >= 15 is 0 Å². The molecule has 0 saturated carbocycles. The maximum absolute atomic E-state index is 12.7. The van der Waals surface area contributed by atoms with Gasteiger partial charge < -0.3 is 9.47 Å². The molecule has 3 rings (SSSR count). The van der Waals surface area contributed by atoms with Crippen LogP contribution in [0, 0.1) is 18.3 Å². The number of carbonyl (C=O) groups excluding carboxylic acids is 1. The van der Waals surface area contributed by atoms with Gasteiger partial charge in [-0.25, -0.2) is 4.98 Å². The molecule has 0 aliphatic heterocycles. The van der Waals surface area contributed by atoms with Gasteiger partial charge in [0, 0.05) is 37.6 Å². The zero-order valence-corrected chi connectivity index (χ0v) is 14.5. The summed E-state index contributed by atoms with van der Waals surface area (Å²) in [7, 11) is 3.62. The van der Waals surface area contributed by atoms with Crippen molar-refractivity contribution in [3.05, 3.63) is 39.1 Å². The van der Waals surface area contributed by atoms with Gasteiger partial charge in [-0.3, -0.25) is 4.79 Å². The van der Waals surface area contributed by atoms with Crippen LogP contribution in [0.25, 0.3) is 0 Å². The Labute approximate surface area is 140 Å². The normalized spacial score (nSPS) is 16.7. The lowest BCUT2D eigenvalue weighted by Gasteiger charge is -2.26. The summed E-state index contributed by atoms with van der Waals surface area (Å²) >= 11 is 1.78. The molecule has 0 fully saturated rings. The molecule has 0 radical (unpaired) electrons. The van der Waals surface area contributed by atoms with Crippen LogP contribution >= 0.6 is 11.3 Å². The standard InChI is InChI=1S/C17H20N4OS/c1-11-19-16-13(5-4-6-15(16)23-11)10-21(3)17(22)14-7-12(8-18)9-20(14)2/h7,9,13H,4-6,10H2,1-3H3/t13-/m1/s1. The largest absolute Gasteiger partial charge is 0.345 e. The molecule has 5 nitrogen and oxygen atoms in total. The molecule has 120 valence electrons. The number of nitriles is 1. The number of fused-ring (bicyclic) bond motifs is 1. The number of thiazole rings is 1. The number of rotatable bonds is 3. The Hall–Kier alpha value is -2.13. The van der Waals surface area contributed by atoms with E-state index in [1.54, 1.807) is 40.1 Å². The number of aromatic nitrogens is 2. The SMILES string of the molecule is Cc1nc2c(s1)CCC[C@@H]2CN(C)C(=O)c1cc(C#N)cn1C. The van der Waals surface area contributed by atoms with Gasteiger partial charge in [-0.05, 0) is 32.3 Å². The molecular formula is C17H20N4OS. The molecule has 2 aromatic rings. The van der Waals surface area contributed by atoms with E-state index in [9.17, 15) is 4.79 Å². The number of amides is 1. The third-order valence-electron chi connectivity index (χ3n) is 4.37. The summed E-state index contributed by atoms with van der Waals surface area (Å²) in [5, 5.41) is 10.1. The molecule has 1 aliphatic rings. The van der Waals surface area contributed by atoms with Gasteiger partial charge >= 0.3 is 0 Å². The first-order valence-electron chi connectivity index (χ1n) is 7.77. The highest BCUT2D eigenvalue weighted by Gasteiger charge is 2.27. The van der Waals surface area contributed by atoms with Crippen LogP contribution in [0.5, 0.6) is 0 Å². The van der Waals surface area contributed by atoms with Crippen LogP contribution in [0.3, 0.4) is 0 Å². The smallest absolute Gasteiger partial charge is 0.270 e. The predicted octanol–water partition coefficient (Wildman–Crippen LogP) is 2.85. The van der Waals surface area contributed by atoms with Gasteiger partial charge in [0.15, 0.2) is 0 Å². The average Bonchev–Trinajstić information content (AvgIpc) is 3.08. The van der Waals surface area contributed by atoms with E-state index in [-0.39, 0.29) is 5.91 Å². The third-order valence-corrected chi connectivity index (χ3v) is 5.42. The van der Waals surface area contributed by atoms with E-state index in [0.717, 1.165) is 24.3 Å². The van der Waals surface area contributed by atoms with Crippen LogP contribution in [-0.2, 0) is 13.5 Å². The highest BCUT2D eigenvalue weighted by Crippen LogP contribution is 2.35. The molecule has 0 aromatic carbocycles. The van der Waals surface area contributed by atoms with E-state index < -0.39 is 0 Å². The Morgan fingerprint density at radius 1 is 1.61 bits per heavy atom. The number of nitrogens with zero attached hydrogens (tertiary/aromatic N) is 4. The summed E-state index contributed by atoms with van der Waals surface area (Å²) < 4.78 is 1.72. The van der Waals surface area contributed by atoms with Crippen molar-refractivity contribution >= 4 is 17.2 Å². The topological polar surface area (TPSA) is 61.9 Å². The molecule has 0 unspecified atom stereocenters. The number of hydrogen-bond acceptors (Lipinski definition) is 4. The van der Waals surface area contributed by atoms with Crippen molar-refractivity contribution in [1.29, 1.82) is 5.26 Å². The van der Waals surface area contributed by atoms with Crippen molar-refractivity contribution in [3.63, 3.8) is 0 Å². The second-order valence-electron chi connectivity index (χ2n) is 6.15. The second kappa shape index (κ2) is 6.17.